The highest BCUT2D eigenvalue weighted by molar-refractivity contribution is 5.99. The summed E-state index contributed by atoms with van der Waals surface area (Å²) in [5.74, 6) is 0.139. The molecule has 14 heavy (non-hydrogen) atoms. The van der Waals surface area contributed by atoms with Gasteiger partial charge in [-0.05, 0) is 25.6 Å². The topological polar surface area (TPSA) is 45.2 Å². The summed E-state index contributed by atoms with van der Waals surface area (Å²) in [5.41, 5.74) is 0.884. The Morgan fingerprint density at radius 1 is 1.64 bits per heavy atom. The Morgan fingerprint density at radius 3 is 3.07 bits per heavy atom. The molecule has 0 bridgehead atoms. The van der Waals surface area contributed by atoms with Gasteiger partial charge in [0.15, 0.2) is 0 Å². The predicted octanol–water partition coefficient (Wildman–Crippen LogP) is 0.406. The summed E-state index contributed by atoms with van der Waals surface area (Å²) in [5, 5.41) is 3.00. The van der Waals surface area contributed by atoms with Gasteiger partial charge in [-0.2, -0.15) is 0 Å². The van der Waals surface area contributed by atoms with Crippen LogP contribution in [0.25, 0.3) is 0 Å². The van der Waals surface area contributed by atoms with E-state index in [4.69, 9.17) is 0 Å². The zero-order valence-corrected chi connectivity index (χ0v) is 8.10. The SMILES string of the molecule is CNC1CCN(c2cccnc2)C1=O. The summed E-state index contributed by atoms with van der Waals surface area (Å²) >= 11 is 0. The van der Waals surface area contributed by atoms with Crippen LogP contribution in [0.4, 0.5) is 5.69 Å². The van der Waals surface area contributed by atoms with Crippen LogP contribution in [0.2, 0.25) is 0 Å². The van der Waals surface area contributed by atoms with Gasteiger partial charge in [-0.3, -0.25) is 9.78 Å². The van der Waals surface area contributed by atoms with Gasteiger partial charge in [0, 0.05) is 12.7 Å². The van der Waals surface area contributed by atoms with Gasteiger partial charge in [-0.1, -0.05) is 0 Å². The van der Waals surface area contributed by atoms with Gasteiger partial charge in [0.25, 0.3) is 0 Å². The molecule has 0 spiro atoms. The van der Waals surface area contributed by atoms with Crippen LogP contribution in [0.3, 0.4) is 0 Å². The summed E-state index contributed by atoms with van der Waals surface area (Å²) in [6.07, 6.45) is 4.29. The first-order valence-corrected chi connectivity index (χ1v) is 4.71. The highest BCUT2D eigenvalue weighted by atomic mass is 16.2. The zero-order valence-electron chi connectivity index (χ0n) is 8.10. The van der Waals surface area contributed by atoms with Gasteiger partial charge in [0.2, 0.25) is 5.91 Å². The van der Waals surface area contributed by atoms with Gasteiger partial charge in [-0.25, -0.2) is 0 Å². The van der Waals surface area contributed by atoms with Crippen molar-refractivity contribution in [2.45, 2.75) is 12.5 Å². The first-order chi connectivity index (χ1) is 6.83. The third-order valence-corrected chi connectivity index (χ3v) is 2.51. The van der Waals surface area contributed by atoms with Crippen molar-refractivity contribution in [1.29, 1.82) is 0 Å². The minimum atomic E-state index is -0.0322. The minimum Gasteiger partial charge on any atom is -0.309 e. The van der Waals surface area contributed by atoms with E-state index in [1.807, 2.05) is 19.2 Å². The largest absolute Gasteiger partial charge is 0.309 e. The van der Waals surface area contributed by atoms with Crippen LogP contribution in [0.1, 0.15) is 6.42 Å². The third-order valence-electron chi connectivity index (χ3n) is 2.51. The maximum Gasteiger partial charge on any atom is 0.244 e. The Morgan fingerprint density at radius 2 is 2.50 bits per heavy atom. The zero-order chi connectivity index (χ0) is 9.97. The normalized spacial score (nSPS) is 21.6. The van der Waals surface area contributed by atoms with Crippen molar-refractivity contribution in [3.8, 4) is 0 Å². The maximum absolute atomic E-state index is 11.8. The van der Waals surface area contributed by atoms with Crippen molar-refractivity contribution < 1.29 is 4.79 Å². The molecule has 0 radical (unpaired) electrons. The third kappa shape index (κ3) is 1.48. The molecule has 2 rings (SSSR count). The highest BCUT2D eigenvalue weighted by Crippen LogP contribution is 2.19. The predicted molar refractivity (Wildman–Crippen MR) is 54.1 cm³/mol. The van der Waals surface area contributed by atoms with Gasteiger partial charge in [-0.15, -0.1) is 0 Å². The van der Waals surface area contributed by atoms with Gasteiger partial charge in [0.05, 0.1) is 17.9 Å². The second-order valence-electron chi connectivity index (χ2n) is 3.33. The van der Waals surface area contributed by atoms with Crippen LogP contribution in [-0.2, 0) is 4.79 Å². The van der Waals surface area contributed by atoms with Crippen molar-refractivity contribution in [3.63, 3.8) is 0 Å². The first-order valence-electron chi connectivity index (χ1n) is 4.71. The van der Waals surface area contributed by atoms with Crippen molar-refractivity contribution >= 4 is 11.6 Å². The molecule has 1 aliphatic rings. The fourth-order valence-electron chi connectivity index (χ4n) is 1.72. The summed E-state index contributed by atoms with van der Waals surface area (Å²) in [7, 11) is 1.81. The van der Waals surface area contributed by atoms with Gasteiger partial charge in [0.1, 0.15) is 0 Å². The lowest BCUT2D eigenvalue weighted by Gasteiger charge is -2.15. The second-order valence-corrected chi connectivity index (χ2v) is 3.33. The fourth-order valence-corrected chi connectivity index (χ4v) is 1.72. The quantitative estimate of drug-likeness (QED) is 0.736. The van der Waals surface area contributed by atoms with Crippen LogP contribution < -0.4 is 10.2 Å². The lowest BCUT2D eigenvalue weighted by molar-refractivity contribution is -0.118. The van der Waals surface area contributed by atoms with Crippen LogP contribution in [-0.4, -0.2) is 30.5 Å². The molecule has 1 aliphatic heterocycles. The fraction of sp³-hybridized carbons (Fsp3) is 0.400. The lowest BCUT2D eigenvalue weighted by Crippen LogP contribution is -2.36. The molecule has 4 heteroatoms. The average Bonchev–Trinajstić information content (AvgIpc) is 2.61. The number of hydrogen-bond acceptors (Lipinski definition) is 3. The van der Waals surface area contributed by atoms with Crippen LogP contribution >= 0.6 is 0 Å². The molecule has 1 amide bonds. The number of amides is 1. The molecule has 0 saturated carbocycles. The average molecular weight is 191 g/mol. The van der Waals surface area contributed by atoms with E-state index in [1.54, 1.807) is 17.3 Å². The molecule has 2 heterocycles. The summed E-state index contributed by atoms with van der Waals surface area (Å²) in [4.78, 5) is 17.5. The number of aromatic nitrogens is 1. The highest BCUT2D eigenvalue weighted by Gasteiger charge is 2.31. The number of rotatable bonds is 2. The molecule has 0 aliphatic carbocycles. The van der Waals surface area contributed by atoms with Gasteiger partial charge >= 0.3 is 0 Å². The number of nitrogens with one attached hydrogen (secondary N) is 1. The van der Waals surface area contributed by atoms with E-state index >= 15 is 0 Å². The number of nitrogens with zero attached hydrogens (tertiary/aromatic N) is 2. The van der Waals surface area contributed by atoms with Crippen LogP contribution in [0.5, 0.6) is 0 Å². The summed E-state index contributed by atoms with van der Waals surface area (Å²) in [6, 6.07) is 3.72. The molecule has 1 atom stereocenters. The number of hydrogen-bond donors (Lipinski definition) is 1. The number of carbonyl (C=O) groups excluding carboxylic acids is 1. The van der Waals surface area contributed by atoms with Crippen molar-refractivity contribution in [2.75, 3.05) is 18.5 Å². The lowest BCUT2D eigenvalue weighted by atomic mass is 10.2. The smallest absolute Gasteiger partial charge is 0.244 e. The standard InChI is InChI=1S/C10H13N3O/c1-11-9-4-6-13(10(9)14)8-3-2-5-12-7-8/h2-3,5,7,9,11H,4,6H2,1H3. The van der Waals surface area contributed by atoms with Crippen molar-refractivity contribution in [2.24, 2.45) is 0 Å². The second kappa shape index (κ2) is 3.75. The monoisotopic (exact) mass is 191 g/mol. The maximum atomic E-state index is 11.8. The van der Waals surface area contributed by atoms with Gasteiger partial charge < -0.3 is 10.2 Å². The van der Waals surface area contributed by atoms with E-state index in [-0.39, 0.29) is 11.9 Å². The van der Waals surface area contributed by atoms with E-state index in [0.29, 0.717) is 0 Å². The molecule has 1 aromatic rings. The van der Waals surface area contributed by atoms with Crippen LogP contribution in [0, 0.1) is 0 Å². The molecule has 1 aromatic heterocycles. The Labute approximate surface area is 82.9 Å². The molecule has 4 nitrogen and oxygen atoms in total. The Hall–Kier alpha value is -1.42. The number of pyridine rings is 1. The Balaban J connectivity index is 2.18. The van der Waals surface area contributed by atoms with E-state index in [0.717, 1.165) is 18.7 Å². The number of anilines is 1. The molecule has 1 fully saturated rings. The summed E-state index contributed by atoms with van der Waals surface area (Å²) < 4.78 is 0. The molecule has 1 saturated heterocycles. The number of carbonyl (C=O) groups is 1. The molecule has 74 valence electrons. The Bertz CT molecular complexity index is 325. The summed E-state index contributed by atoms with van der Waals surface area (Å²) in [6.45, 7) is 0.774. The molecular weight excluding hydrogens is 178 g/mol. The van der Waals surface area contributed by atoms with E-state index in [2.05, 4.69) is 10.3 Å². The van der Waals surface area contributed by atoms with Crippen molar-refractivity contribution in [3.05, 3.63) is 24.5 Å². The number of likely N-dealkylation sites (N-methyl/N-ethyl adjacent to an activating group) is 1. The van der Waals surface area contributed by atoms with Crippen LogP contribution in [0.15, 0.2) is 24.5 Å². The molecule has 1 N–H and O–H groups in total. The van der Waals surface area contributed by atoms with Crippen molar-refractivity contribution in [1.82, 2.24) is 10.3 Å². The minimum absolute atomic E-state index is 0.0322. The first kappa shape index (κ1) is 9.15. The Kier molecular flexibility index (Phi) is 2.45. The molecule has 0 aromatic carbocycles. The van der Waals surface area contributed by atoms with E-state index < -0.39 is 0 Å². The molecular formula is C10H13N3O. The van der Waals surface area contributed by atoms with E-state index in [1.165, 1.54) is 0 Å². The van der Waals surface area contributed by atoms with E-state index in [9.17, 15) is 4.79 Å². The molecule has 1 unspecified atom stereocenters.